The average molecular weight is 247 g/mol. The minimum absolute atomic E-state index is 0.191. The fourth-order valence-corrected chi connectivity index (χ4v) is 2.49. The van der Waals surface area contributed by atoms with E-state index in [0.717, 1.165) is 38.2 Å². The smallest absolute Gasteiger partial charge is 0.224 e. The minimum atomic E-state index is -0.359. The number of benzene rings is 1. The molecular weight excluding hydrogens is 226 g/mol. The molecule has 0 radical (unpaired) electrons. The Balaban J connectivity index is 1.90. The van der Waals surface area contributed by atoms with Crippen molar-refractivity contribution in [3.8, 4) is 0 Å². The van der Waals surface area contributed by atoms with Gasteiger partial charge in [-0.1, -0.05) is 18.2 Å². The summed E-state index contributed by atoms with van der Waals surface area (Å²) in [6.07, 6.45) is 1.77. The van der Waals surface area contributed by atoms with Gasteiger partial charge in [0, 0.05) is 18.8 Å². The second-order valence-corrected chi connectivity index (χ2v) is 5.40. The van der Waals surface area contributed by atoms with Crippen molar-refractivity contribution in [2.45, 2.75) is 19.8 Å². The lowest BCUT2D eigenvalue weighted by atomic mass is 9.89. The zero-order chi connectivity index (χ0) is 13.2. The molecule has 98 valence electrons. The van der Waals surface area contributed by atoms with E-state index in [9.17, 15) is 4.79 Å². The van der Waals surface area contributed by atoms with Gasteiger partial charge in [-0.05, 0) is 37.9 Å². The molecule has 4 heteroatoms. The molecule has 0 spiro atoms. The first-order valence-electron chi connectivity index (χ1n) is 6.37. The molecule has 4 N–H and O–H groups in total. The molecule has 1 heterocycles. The number of carbonyl (C=O) groups is 1. The molecule has 2 rings (SSSR count). The van der Waals surface area contributed by atoms with E-state index in [4.69, 9.17) is 11.5 Å². The molecular formula is C14H21N3O. The Kier molecular flexibility index (Phi) is 3.57. The summed E-state index contributed by atoms with van der Waals surface area (Å²) in [6.45, 7) is 4.57. The van der Waals surface area contributed by atoms with Crippen LogP contribution in [-0.2, 0) is 11.2 Å². The summed E-state index contributed by atoms with van der Waals surface area (Å²) < 4.78 is 0. The van der Waals surface area contributed by atoms with E-state index in [2.05, 4.69) is 11.0 Å². The lowest BCUT2D eigenvalue weighted by Crippen LogP contribution is -2.37. The molecule has 1 fully saturated rings. The van der Waals surface area contributed by atoms with Gasteiger partial charge in [-0.25, -0.2) is 0 Å². The number of hydrogen-bond donors (Lipinski definition) is 2. The van der Waals surface area contributed by atoms with E-state index in [-0.39, 0.29) is 11.3 Å². The number of carbonyl (C=O) groups excluding carboxylic acids is 1. The minimum Gasteiger partial charge on any atom is -0.399 e. The van der Waals surface area contributed by atoms with Gasteiger partial charge in [0.1, 0.15) is 0 Å². The zero-order valence-electron chi connectivity index (χ0n) is 10.9. The first-order chi connectivity index (χ1) is 8.51. The highest BCUT2D eigenvalue weighted by Gasteiger charge is 2.38. The third-order valence-electron chi connectivity index (χ3n) is 3.90. The van der Waals surface area contributed by atoms with Crippen molar-refractivity contribution >= 4 is 11.6 Å². The summed E-state index contributed by atoms with van der Waals surface area (Å²) in [5, 5.41) is 0. The Morgan fingerprint density at radius 3 is 2.78 bits per heavy atom. The molecule has 0 aliphatic carbocycles. The summed E-state index contributed by atoms with van der Waals surface area (Å²) in [5.74, 6) is -0.191. The standard InChI is InChI=1S/C14H21N3O/c1-14(13(16)18)7-9-17(10-14)8-6-11-4-2-3-5-12(11)15/h2-5H,6-10,15H2,1H3,(H2,16,18). The monoisotopic (exact) mass is 247 g/mol. The molecule has 1 atom stereocenters. The summed E-state index contributed by atoms with van der Waals surface area (Å²) in [4.78, 5) is 13.7. The molecule has 1 unspecified atom stereocenters. The first-order valence-corrected chi connectivity index (χ1v) is 6.37. The molecule has 1 amide bonds. The van der Waals surface area contributed by atoms with Crippen LogP contribution in [0.3, 0.4) is 0 Å². The summed E-state index contributed by atoms with van der Waals surface area (Å²) in [5.41, 5.74) is 13.0. The van der Waals surface area contributed by atoms with Crippen LogP contribution in [-0.4, -0.2) is 30.4 Å². The SMILES string of the molecule is CC1(C(N)=O)CCN(CCc2ccccc2N)C1. The molecule has 0 saturated carbocycles. The van der Waals surface area contributed by atoms with Gasteiger partial charge in [0.25, 0.3) is 0 Å². The predicted octanol–water partition coefficient (Wildman–Crippen LogP) is 1.01. The highest BCUT2D eigenvalue weighted by Crippen LogP contribution is 2.29. The Bertz CT molecular complexity index is 446. The number of nitrogens with two attached hydrogens (primary N) is 2. The van der Waals surface area contributed by atoms with Crippen LogP contribution in [0.15, 0.2) is 24.3 Å². The van der Waals surface area contributed by atoms with E-state index in [1.165, 1.54) is 5.56 Å². The fraction of sp³-hybridized carbons (Fsp3) is 0.500. The maximum atomic E-state index is 11.4. The Morgan fingerprint density at radius 2 is 2.17 bits per heavy atom. The topological polar surface area (TPSA) is 72.4 Å². The summed E-state index contributed by atoms with van der Waals surface area (Å²) in [6, 6.07) is 7.92. The van der Waals surface area contributed by atoms with Gasteiger partial charge in [-0.2, -0.15) is 0 Å². The average Bonchev–Trinajstić information content (AvgIpc) is 2.72. The number of para-hydroxylation sites is 1. The maximum absolute atomic E-state index is 11.4. The van der Waals surface area contributed by atoms with E-state index in [1.807, 2.05) is 25.1 Å². The Hall–Kier alpha value is -1.55. The van der Waals surface area contributed by atoms with Crippen LogP contribution >= 0.6 is 0 Å². The van der Waals surface area contributed by atoms with Crippen molar-refractivity contribution in [2.75, 3.05) is 25.4 Å². The van der Waals surface area contributed by atoms with Crippen molar-refractivity contribution in [3.05, 3.63) is 29.8 Å². The van der Waals surface area contributed by atoms with Crippen LogP contribution in [0.5, 0.6) is 0 Å². The van der Waals surface area contributed by atoms with Crippen molar-refractivity contribution in [1.82, 2.24) is 4.90 Å². The number of primary amides is 1. The zero-order valence-corrected chi connectivity index (χ0v) is 10.9. The van der Waals surface area contributed by atoms with Crippen LogP contribution in [0.25, 0.3) is 0 Å². The van der Waals surface area contributed by atoms with Crippen molar-refractivity contribution in [1.29, 1.82) is 0 Å². The number of likely N-dealkylation sites (tertiary alicyclic amines) is 1. The quantitative estimate of drug-likeness (QED) is 0.780. The third kappa shape index (κ3) is 2.64. The summed E-state index contributed by atoms with van der Waals surface area (Å²) in [7, 11) is 0. The molecule has 0 bridgehead atoms. The maximum Gasteiger partial charge on any atom is 0.224 e. The first kappa shape index (κ1) is 12.9. The van der Waals surface area contributed by atoms with Gasteiger partial charge in [-0.15, -0.1) is 0 Å². The third-order valence-corrected chi connectivity index (χ3v) is 3.90. The lowest BCUT2D eigenvalue weighted by Gasteiger charge is -2.21. The number of hydrogen-bond acceptors (Lipinski definition) is 3. The number of amides is 1. The fourth-order valence-electron chi connectivity index (χ4n) is 2.49. The number of rotatable bonds is 4. The molecule has 1 aliphatic rings. The van der Waals surface area contributed by atoms with Crippen molar-refractivity contribution in [3.63, 3.8) is 0 Å². The number of nitrogens with zero attached hydrogens (tertiary/aromatic N) is 1. The van der Waals surface area contributed by atoms with Gasteiger partial charge in [-0.3, -0.25) is 4.79 Å². The van der Waals surface area contributed by atoms with E-state index in [0.29, 0.717) is 0 Å². The molecule has 18 heavy (non-hydrogen) atoms. The van der Waals surface area contributed by atoms with Gasteiger partial charge >= 0.3 is 0 Å². The van der Waals surface area contributed by atoms with Crippen LogP contribution in [0.4, 0.5) is 5.69 Å². The van der Waals surface area contributed by atoms with Gasteiger partial charge in [0.15, 0.2) is 0 Å². The molecule has 1 aliphatic heterocycles. The number of nitrogen functional groups attached to an aromatic ring is 1. The molecule has 0 aromatic heterocycles. The number of anilines is 1. The lowest BCUT2D eigenvalue weighted by molar-refractivity contribution is -0.126. The van der Waals surface area contributed by atoms with Crippen LogP contribution in [0, 0.1) is 5.41 Å². The van der Waals surface area contributed by atoms with Gasteiger partial charge < -0.3 is 16.4 Å². The van der Waals surface area contributed by atoms with Crippen LogP contribution < -0.4 is 11.5 Å². The highest BCUT2D eigenvalue weighted by atomic mass is 16.1. The molecule has 1 aromatic rings. The van der Waals surface area contributed by atoms with Crippen molar-refractivity contribution < 1.29 is 4.79 Å². The predicted molar refractivity (Wildman–Crippen MR) is 72.9 cm³/mol. The van der Waals surface area contributed by atoms with Gasteiger partial charge in [0.2, 0.25) is 5.91 Å². The highest BCUT2D eigenvalue weighted by molar-refractivity contribution is 5.81. The van der Waals surface area contributed by atoms with E-state index in [1.54, 1.807) is 0 Å². The van der Waals surface area contributed by atoms with E-state index >= 15 is 0 Å². The van der Waals surface area contributed by atoms with E-state index < -0.39 is 0 Å². The molecule has 1 saturated heterocycles. The second kappa shape index (κ2) is 4.98. The second-order valence-electron chi connectivity index (χ2n) is 5.40. The van der Waals surface area contributed by atoms with Crippen molar-refractivity contribution in [2.24, 2.45) is 11.1 Å². The Labute approximate surface area is 108 Å². The molecule has 4 nitrogen and oxygen atoms in total. The van der Waals surface area contributed by atoms with Crippen LogP contribution in [0.1, 0.15) is 18.9 Å². The largest absolute Gasteiger partial charge is 0.399 e. The van der Waals surface area contributed by atoms with Gasteiger partial charge in [0.05, 0.1) is 5.41 Å². The van der Waals surface area contributed by atoms with Crippen LogP contribution in [0.2, 0.25) is 0 Å². The Morgan fingerprint density at radius 1 is 1.44 bits per heavy atom. The summed E-state index contributed by atoms with van der Waals surface area (Å²) >= 11 is 0. The normalized spacial score (nSPS) is 24.3. The molecule has 1 aromatic carbocycles.